The molecule has 0 saturated carbocycles. The van der Waals surface area contributed by atoms with E-state index in [9.17, 15) is 17.6 Å². The van der Waals surface area contributed by atoms with E-state index in [4.69, 9.17) is 0 Å². The minimum atomic E-state index is -4.45. The number of halogens is 4. The molecule has 0 heterocycles. The Labute approximate surface area is 97.8 Å². The van der Waals surface area contributed by atoms with Gasteiger partial charge in [0.15, 0.2) is 0 Å². The Balaban J connectivity index is 2.99. The van der Waals surface area contributed by atoms with Crippen molar-refractivity contribution in [2.45, 2.75) is 33.0 Å². The maximum atomic E-state index is 13.4. The summed E-state index contributed by atoms with van der Waals surface area (Å²) in [5.74, 6) is -0.477. The van der Waals surface area contributed by atoms with E-state index in [-0.39, 0.29) is 17.6 Å². The van der Waals surface area contributed by atoms with Crippen molar-refractivity contribution in [1.29, 1.82) is 0 Å². The van der Waals surface area contributed by atoms with Crippen molar-refractivity contribution < 1.29 is 17.6 Å². The van der Waals surface area contributed by atoms with Crippen LogP contribution in [0, 0.1) is 11.7 Å². The molecule has 1 atom stereocenters. The summed E-state index contributed by atoms with van der Waals surface area (Å²) in [5, 5.41) is 2.75. The van der Waals surface area contributed by atoms with Gasteiger partial charge >= 0.3 is 6.18 Å². The third-order valence-electron chi connectivity index (χ3n) is 2.68. The third kappa shape index (κ3) is 3.61. The lowest BCUT2D eigenvalue weighted by Crippen LogP contribution is -2.22. The second kappa shape index (κ2) is 4.94. The fourth-order valence-electron chi connectivity index (χ4n) is 1.22. The number of hydrogen-bond acceptors (Lipinski definition) is 1. The molecular weight excluding hydrogens is 234 g/mol. The van der Waals surface area contributed by atoms with Crippen molar-refractivity contribution in [2.75, 3.05) is 5.32 Å². The summed E-state index contributed by atoms with van der Waals surface area (Å²) in [7, 11) is 0. The van der Waals surface area contributed by atoms with Crippen molar-refractivity contribution in [2.24, 2.45) is 5.92 Å². The van der Waals surface area contributed by atoms with Gasteiger partial charge in [0.2, 0.25) is 0 Å². The number of alkyl halides is 3. The Morgan fingerprint density at radius 1 is 1.12 bits per heavy atom. The second-order valence-corrected chi connectivity index (χ2v) is 4.37. The molecule has 1 unspecified atom stereocenters. The maximum absolute atomic E-state index is 13.4. The Morgan fingerprint density at radius 3 is 2.18 bits per heavy atom. The van der Waals surface area contributed by atoms with Gasteiger partial charge in [-0.3, -0.25) is 0 Å². The maximum Gasteiger partial charge on any atom is 0.416 e. The largest absolute Gasteiger partial charge is 0.416 e. The van der Waals surface area contributed by atoms with Crippen LogP contribution in [-0.4, -0.2) is 6.04 Å². The molecule has 0 amide bonds. The molecule has 0 spiro atoms. The second-order valence-electron chi connectivity index (χ2n) is 4.37. The molecule has 1 N–H and O–H groups in total. The highest BCUT2D eigenvalue weighted by Gasteiger charge is 2.31. The Morgan fingerprint density at radius 2 is 1.71 bits per heavy atom. The van der Waals surface area contributed by atoms with Crippen LogP contribution in [0.4, 0.5) is 23.2 Å². The van der Waals surface area contributed by atoms with Gasteiger partial charge in [-0.25, -0.2) is 4.39 Å². The summed E-state index contributed by atoms with van der Waals surface area (Å²) < 4.78 is 50.7. The van der Waals surface area contributed by atoms with Crippen LogP contribution >= 0.6 is 0 Å². The molecule has 1 nitrogen and oxygen atoms in total. The van der Waals surface area contributed by atoms with Crippen LogP contribution in [0.5, 0.6) is 0 Å². The first-order chi connectivity index (χ1) is 7.71. The molecule has 5 heteroatoms. The average Bonchev–Trinajstić information content (AvgIpc) is 2.19. The van der Waals surface area contributed by atoms with Crippen LogP contribution in [0.25, 0.3) is 0 Å². The van der Waals surface area contributed by atoms with Crippen molar-refractivity contribution >= 4 is 5.69 Å². The van der Waals surface area contributed by atoms with Crippen LogP contribution in [0.1, 0.15) is 26.3 Å². The molecule has 1 aromatic carbocycles. The Bertz CT molecular complexity index is 385. The van der Waals surface area contributed by atoms with Crippen molar-refractivity contribution in [3.8, 4) is 0 Å². The first-order valence-electron chi connectivity index (χ1n) is 5.35. The highest BCUT2D eigenvalue weighted by atomic mass is 19.4. The zero-order valence-electron chi connectivity index (χ0n) is 9.90. The van der Waals surface area contributed by atoms with Crippen molar-refractivity contribution in [3.63, 3.8) is 0 Å². The summed E-state index contributed by atoms with van der Waals surface area (Å²) in [6.07, 6.45) is -4.45. The molecule has 1 aromatic rings. The zero-order chi connectivity index (χ0) is 13.2. The molecule has 0 aliphatic heterocycles. The van der Waals surface area contributed by atoms with Gasteiger partial charge in [-0.15, -0.1) is 0 Å². The first-order valence-corrected chi connectivity index (χ1v) is 5.35. The Hall–Kier alpha value is -1.26. The predicted octanol–water partition coefficient (Wildman–Crippen LogP) is 4.30. The summed E-state index contributed by atoms with van der Waals surface area (Å²) in [5.41, 5.74) is -0.960. The summed E-state index contributed by atoms with van der Waals surface area (Å²) >= 11 is 0. The van der Waals surface area contributed by atoms with Gasteiger partial charge in [-0.2, -0.15) is 13.2 Å². The molecular formula is C12H15F4N. The molecule has 1 rings (SSSR count). The van der Waals surface area contributed by atoms with Gasteiger partial charge < -0.3 is 5.32 Å². The van der Waals surface area contributed by atoms with E-state index < -0.39 is 17.6 Å². The van der Waals surface area contributed by atoms with Gasteiger partial charge in [0.1, 0.15) is 5.82 Å². The van der Waals surface area contributed by atoms with Gasteiger partial charge in [-0.05, 0) is 31.0 Å². The zero-order valence-corrected chi connectivity index (χ0v) is 9.90. The molecule has 0 bridgehead atoms. The van der Waals surface area contributed by atoms with E-state index in [1.54, 1.807) is 6.92 Å². The van der Waals surface area contributed by atoms with Crippen LogP contribution in [0.2, 0.25) is 0 Å². The third-order valence-corrected chi connectivity index (χ3v) is 2.68. The highest BCUT2D eigenvalue weighted by Crippen LogP contribution is 2.32. The van der Waals surface area contributed by atoms with E-state index >= 15 is 0 Å². The molecule has 0 aromatic heterocycles. The van der Waals surface area contributed by atoms with Crippen molar-refractivity contribution in [1.82, 2.24) is 0 Å². The molecule has 0 saturated heterocycles. The number of hydrogen-bond donors (Lipinski definition) is 1. The van der Waals surface area contributed by atoms with E-state index in [2.05, 4.69) is 5.32 Å². The smallest absolute Gasteiger partial charge is 0.380 e. The quantitative estimate of drug-likeness (QED) is 0.787. The van der Waals surface area contributed by atoms with Gasteiger partial charge in [0.05, 0.1) is 11.3 Å². The fraction of sp³-hybridized carbons (Fsp3) is 0.500. The van der Waals surface area contributed by atoms with Gasteiger partial charge in [0, 0.05) is 6.04 Å². The van der Waals surface area contributed by atoms with Crippen molar-refractivity contribution in [3.05, 3.63) is 29.6 Å². The highest BCUT2D eigenvalue weighted by molar-refractivity contribution is 5.48. The molecule has 0 radical (unpaired) electrons. The number of anilines is 1. The first kappa shape index (κ1) is 13.8. The van der Waals surface area contributed by atoms with E-state index in [1.165, 1.54) is 0 Å². The number of rotatable bonds is 3. The molecule has 17 heavy (non-hydrogen) atoms. The standard InChI is InChI=1S/C12H15F4N/c1-7(2)8(3)17-11-6-9(12(14,15)16)4-5-10(11)13/h4-8,17H,1-3H3. The lowest BCUT2D eigenvalue weighted by Gasteiger charge is -2.20. The molecule has 0 aliphatic rings. The lowest BCUT2D eigenvalue weighted by atomic mass is 10.1. The van der Waals surface area contributed by atoms with E-state index in [0.29, 0.717) is 0 Å². The lowest BCUT2D eigenvalue weighted by molar-refractivity contribution is -0.137. The topological polar surface area (TPSA) is 12.0 Å². The molecule has 96 valence electrons. The molecule has 0 fully saturated rings. The number of benzene rings is 1. The monoisotopic (exact) mass is 249 g/mol. The van der Waals surface area contributed by atoms with Crippen LogP contribution in [0.3, 0.4) is 0 Å². The van der Waals surface area contributed by atoms with E-state index in [0.717, 1.165) is 18.2 Å². The SMILES string of the molecule is CC(C)C(C)Nc1cc(C(F)(F)F)ccc1F. The summed E-state index contributed by atoms with van der Waals surface area (Å²) in [4.78, 5) is 0. The van der Waals surface area contributed by atoms with E-state index in [1.807, 2.05) is 13.8 Å². The number of nitrogens with one attached hydrogen (secondary N) is 1. The van der Waals surface area contributed by atoms with Crippen LogP contribution < -0.4 is 5.32 Å². The summed E-state index contributed by atoms with van der Waals surface area (Å²) in [6.45, 7) is 5.61. The average molecular weight is 249 g/mol. The Kier molecular flexibility index (Phi) is 4.01. The minimum Gasteiger partial charge on any atom is -0.380 e. The minimum absolute atomic E-state index is 0.104. The normalized spacial score (nSPS) is 13.9. The van der Waals surface area contributed by atoms with Gasteiger partial charge in [-0.1, -0.05) is 13.8 Å². The van der Waals surface area contributed by atoms with Crippen LogP contribution in [0.15, 0.2) is 18.2 Å². The fourth-order valence-corrected chi connectivity index (χ4v) is 1.22. The molecule has 0 aliphatic carbocycles. The van der Waals surface area contributed by atoms with Gasteiger partial charge in [0.25, 0.3) is 0 Å². The van der Waals surface area contributed by atoms with Crippen LogP contribution in [-0.2, 0) is 6.18 Å². The predicted molar refractivity (Wildman–Crippen MR) is 59.3 cm³/mol. The summed E-state index contributed by atoms with van der Waals surface area (Å²) in [6, 6.07) is 2.26.